The predicted molar refractivity (Wildman–Crippen MR) is 166 cm³/mol. The number of alkyl halides is 2. The summed E-state index contributed by atoms with van der Waals surface area (Å²) in [7, 11) is 0. The molecule has 2 heterocycles. The van der Waals surface area contributed by atoms with Crippen molar-refractivity contribution >= 4 is 75.8 Å². The Morgan fingerprint density at radius 3 is 2.28 bits per heavy atom. The quantitative estimate of drug-likeness (QED) is 0.206. The van der Waals surface area contributed by atoms with Crippen LogP contribution in [0.4, 0.5) is 15.8 Å². The molecule has 0 radical (unpaired) electrons. The number of carbonyl (C=O) groups excluding carboxylic acids is 4. The van der Waals surface area contributed by atoms with E-state index in [1.807, 2.05) is 0 Å². The molecule has 13 heteroatoms. The maximum atomic E-state index is 14.4. The SMILES string of the molecule is O=C(O)c1cccc(N2C(=O)[C@H]3[C@H](CC=C4[C@H]3C[C@@]3(Cl)C(=O)N(c5ccc(F)cc5)C(=O)[C@@]3(Cl)[C@H]4c3cc(Cl)ccc3O)C2=O)c1. The van der Waals surface area contributed by atoms with Crippen molar-refractivity contribution in [3.63, 3.8) is 0 Å². The zero-order valence-corrected chi connectivity index (χ0v) is 25.8. The minimum atomic E-state index is -2.24. The Hall–Kier alpha value is -4.25. The van der Waals surface area contributed by atoms with Crippen LogP contribution >= 0.6 is 34.8 Å². The van der Waals surface area contributed by atoms with Crippen molar-refractivity contribution in [1.29, 1.82) is 0 Å². The zero-order chi connectivity index (χ0) is 32.9. The lowest BCUT2D eigenvalue weighted by molar-refractivity contribution is -0.125. The number of hydrogen-bond donors (Lipinski definition) is 2. The van der Waals surface area contributed by atoms with E-state index in [1.165, 1.54) is 54.6 Å². The monoisotopic (exact) mass is 682 g/mol. The van der Waals surface area contributed by atoms with Crippen molar-refractivity contribution in [2.75, 3.05) is 9.80 Å². The summed E-state index contributed by atoms with van der Waals surface area (Å²) in [5.74, 6) is -9.25. The van der Waals surface area contributed by atoms with Gasteiger partial charge in [0.1, 0.15) is 11.6 Å². The zero-order valence-electron chi connectivity index (χ0n) is 23.5. The fourth-order valence-corrected chi connectivity index (χ4v) is 8.64. The van der Waals surface area contributed by atoms with Crippen LogP contribution in [-0.2, 0) is 19.2 Å². The smallest absolute Gasteiger partial charge is 0.335 e. The van der Waals surface area contributed by atoms with Crippen LogP contribution in [0.1, 0.15) is 34.7 Å². The maximum absolute atomic E-state index is 14.4. The number of allylic oxidation sites excluding steroid dienone is 2. The van der Waals surface area contributed by atoms with E-state index in [9.17, 15) is 38.6 Å². The maximum Gasteiger partial charge on any atom is 0.335 e. The van der Waals surface area contributed by atoms with Gasteiger partial charge >= 0.3 is 5.97 Å². The van der Waals surface area contributed by atoms with E-state index in [0.29, 0.717) is 5.57 Å². The molecule has 0 spiro atoms. The molecule has 46 heavy (non-hydrogen) atoms. The molecule has 3 fully saturated rings. The summed E-state index contributed by atoms with van der Waals surface area (Å²) in [6.45, 7) is 0. The number of carboxylic acids is 1. The number of carboxylic acid groups (broad SMARTS) is 1. The van der Waals surface area contributed by atoms with Gasteiger partial charge in [-0.05, 0) is 79.4 Å². The average molecular weight is 684 g/mol. The lowest BCUT2D eigenvalue weighted by Crippen LogP contribution is -2.60. The Kier molecular flexibility index (Phi) is 6.86. The molecule has 2 N–H and O–H groups in total. The van der Waals surface area contributed by atoms with E-state index in [-0.39, 0.29) is 46.1 Å². The number of nitrogens with zero attached hydrogens (tertiary/aromatic N) is 2. The molecule has 2 saturated heterocycles. The molecule has 3 aromatic carbocycles. The van der Waals surface area contributed by atoms with Crippen molar-refractivity contribution in [2.24, 2.45) is 17.8 Å². The summed E-state index contributed by atoms with van der Waals surface area (Å²) in [6.07, 6.45) is 1.42. The summed E-state index contributed by atoms with van der Waals surface area (Å²) in [5.41, 5.74) is 0.490. The summed E-state index contributed by atoms with van der Waals surface area (Å²) < 4.78 is 13.8. The van der Waals surface area contributed by atoms with Crippen LogP contribution in [0.5, 0.6) is 5.75 Å². The Morgan fingerprint density at radius 2 is 1.59 bits per heavy atom. The Morgan fingerprint density at radius 1 is 0.870 bits per heavy atom. The van der Waals surface area contributed by atoms with Crippen molar-refractivity contribution in [2.45, 2.75) is 28.5 Å². The number of phenols is 1. The molecule has 6 atom stereocenters. The van der Waals surface area contributed by atoms with Crippen LogP contribution in [0, 0.1) is 23.6 Å². The van der Waals surface area contributed by atoms with Crippen LogP contribution in [0.15, 0.2) is 78.4 Å². The Bertz CT molecular complexity index is 1930. The lowest BCUT2D eigenvalue weighted by atomic mass is 9.56. The van der Waals surface area contributed by atoms with Crippen molar-refractivity contribution in [3.8, 4) is 5.75 Å². The number of halogens is 4. The van der Waals surface area contributed by atoms with Gasteiger partial charge in [0.2, 0.25) is 11.8 Å². The second-order valence-electron chi connectivity index (χ2n) is 11.8. The van der Waals surface area contributed by atoms with Gasteiger partial charge in [-0.1, -0.05) is 29.3 Å². The number of benzene rings is 3. The average Bonchev–Trinajstić information content (AvgIpc) is 3.37. The van der Waals surface area contributed by atoms with Crippen molar-refractivity contribution in [1.82, 2.24) is 0 Å². The predicted octanol–water partition coefficient (Wildman–Crippen LogP) is 5.65. The molecular weight excluding hydrogens is 662 g/mol. The second-order valence-corrected chi connectivity index (χ2v) is 13.5. The summed E-state index contributed by atoms with van der Waals surface area (Å²) in [4.78, 5) is 65.5. The van der Waals surface area contributed by atoms with Gasteiger partial charge in [-0.2, -0.15) is 0 Å². The van der Waals surface area contributed by atoms with Crippen molar-refractivity contribution in [3.05, 3.63) is 100 Å². The Balaban J connectivity index is 1.40. The van der Waals surface area contributed by atoms with Crippen LogP contribution < -0.4 is 9.80 Å². The normalized spacial score (nSPS) is 30.2. The van der Waals surface area contributed by atoms with E-state index in [0.717, 1.165) is 21.9 Å². The van der Waals surface area contributed by atoms with Gasteiger partial charge in [0.15, 0.2) is 9.75 Å². The number of imide groups is 2. The summed E-state index contributed by atoms with van der Waals surface area (Å²) >= 11 is 20.9. The van der Waals surface area contributed by atoms with Gasteiger partial charge in [0.05, 0.1) is 28.8 Å². The molecule has 3 aromatic rings. The highest BCUT2D eigenvalue weighted by Gasteiger charge is 2.77. The van der Waals surface area contributed by atoms with Gasteiger partial charge in [0.25, 0.3) is 11.8 Å². The molecule has 0 unspecified atom stereocenters. The first-order valence-corrected chi connectivity index (χ1v) is 15.3. The number of anilines is 2. The minimum Gasteiger partial charge on any atom is -0.508 e. The van der Waals surface area contributed by atoms with Crippen LogP contribution in [-0.4, -0.2) is 49.6 Å². The largest absolute Gasteiger partial charge is 0.508 e. The van der Waals surface area contributed by atoms with Crippen LogP contribution in [0.2, 0.25) is 5.02 Å². The first kappa shape index (κ1) is 30.4. The van der Waals surface area contributed by atoms with Gasteiger partial charge in [-0.3, -0.25) is 24.1 Å². The van der Waals surface area contributed by atoms with Crippen LogP contribution in [0.3, 0.4) is 0 Å². The highest BCUT2D eigenvalue weighted by Crippen LogP contribution is 2.66. The molecule has 9 nitrogen and oxygen atoms in total. The molecule has 2 aliphatic heterocycles. The molecule has 4 amide bonds. The molecule has 2 aliphatic carbocycles. The minimum absolute atomic E-state index is 0.0198. The van der Waals surface area contributed by atoms with E-state index < -0.39 is 68.8 Å². The van der Waals surface area contributed by atoms with E-state index in [2.05, 4.69) is 0 Å². The first-order valence-electron chi connectivity index (χ1n) is 14.2. The molecule has 4 aliphatic rings. The van der Waals surface area contributed by atoms with Crippen LogP contribution in [0.25, 0.3) is 0 Å². The number of aromatic carboxylic acids is 1. The molecular formula is C33H22Cl3FN2O7. The third-order valence-electron chi connectivity index (χ3n) is 9.55. The fraction of sp³-hybridized carbons (Fsp3) is 0.242. The van der Waals surface area contributed by atoms with E-state index >= 15 is 0 Å². The number of phenolic OH excluding ortho intramolecular Hbond substituents is 1. The highest BCUT2D eigenvalue weighted by molar-refractivity contribution is 6.58. The summed E-state index contributed by atoms with van der Waals surface area (Å²) in [5, 5.41) is 20.8. The number of rotatable bonds is 4. The number of aromatic hydroxyl groups is 1. The number of amides is 4. The number of hydrogen-bond acceptors (Lipinski definition) is 6. The molecule has 7 rings (SSSR count). The molecule has 0 bridgehead atoms. The highest BCUT2D eigenvalue weighted by atomic mass is 35.5. The second kappa shape index (κ2) is 10.4. The topological polar surface area (TPSA) is 132 Å². The standard InChI is InChI=1S/C33H22Cl3FN2O7/c34-16-4-11-24(40)22(13-16)26-20-9-10-21-25(28(42)38(27(21)41)19-3-1-2-15(12-19)29(43)44)23(20)14-32(35)30(45)39(31(46)33(26,32)36)18-7-5-17(37)6-8-18/h1-9,11-13,21,23,25-26,40H,10,14H2,(H,43,44)/t21-,23+,25-,26+,32+,33-/m0/s1. The molecule has 0 aromatic heterocycles. The van der Waals surface area contributed by atoms with Gasteiger partial charge in [0, 0.05) is 16.5 Å². The number of fused-ring (bicyclic) bond motifs is 4. The molecule has 234 valence electrons. The van der Waals surface area contributed by atoms with Gasteiger partial charge < -0.3 is 10.2 Å². The van der Waals surface area contributed by atoms with Gasteiger partial charge in [-0.25, -0.2) is 14.1 Å². The van der Waals surface area contributed by atoms with E-state index in [1.54, 1.807) is 6.08 Å². The first-order chi connectivity index (χ1) is 21.8. The van der Waals surface area contributed by atoms with Gasteiger partial charge in [-0.15, -0.1) is 23.2 Å². The summed E-state index contributed by atoms with van der Waals surface area (Å²) in [6, 6.07) is 14.2. The lowest BCUT2D eigenvalue weighted by Gasteiger charge is -2.50. The fourth-order valence-electron chi connectivity index (χ4n) is 7.53. The van der Waals surface area contributed by atoms with Crippen molar-refractivity contribution < 1.29 is 38.6 Å². The Labute approximate surface area is 275 Å². The third kappa shape index (κ3) is 4.03. The number of carbonyl (C=O) groups is 5. The van der Waals surface area contributed by atoms with E-state index in [4.69, 9.17) is 34.8 Å². The molecule has 1 saturated carbocycles. The third-order valence-corrected chi connectivity index (χ3v) is 11.2.